The van der Waals surface area contributed by atoms with Crippen molar-refractivity contribution in [2.75, 3.05) is 6.61 Å². The fourth-order valence-corrected chi connectivity index (χ4v) is 2.82. The Hall–Kier alpha value is -3.48. The Labute approximate surface area is 154 Å². The average molecular weight is 367 g/mol. The zero-order valence-corrected chi connectivity index (χ0v) is 15.1. The molecule has 3 rings (SSSR count). The number of rotatable bonds is 5. The number of carbonyl (C=O) groups is 1. The minimum absolute atomic E-state index is 0.157. The third kappa shape index (κ3) is 3.57. The van der Waals surface area contributed by atoms with Gasteiger partial charge in [0.15, 0.2) is 12.4 Å². The molecule has 0 spiro atoms. The number of nitro benzene ring substituents is 1. The molecule has 0 radical (unpaired) electrons. The predicted octanol–water partition coefficient (Wildman–Crippen LogP) is 3.89. The highest BCUT2D eigenvalue weighted by atomic mass is 16.6. The average Bonchev–Trinajstić information content (AvgIpc) is 2.63. The molecule has 0 atom stereocenters. The van der Waals surface area contributed by atoms with Gasteiger partial charge in [0.1, 0.15) is 11.3 Å². The molecule has 0 saturated heterocycles. The van der Waals surface area contributed by atoms with Crippen molar-refractivity contribution in [1.29, 1.82) is 0 Å². The van der Waals surface area contributed by atoms with Crippen molar-refractivity contribution in [3.63, 3.8) is 0 Å². The number of hydrogen-bond acceptors (Lipinski definition) is 6. The molecule has 138 valence electrons. The number of fused-ring (bicyclic) bond motifs is 1. The molecule has 0 bridgehead atoms. The molecule has 1 heterocycles. The third-order valence-corrected chi connectivity index (χ3v) is 4.39. The molecule has 0 amide bonds. The highest BCUT2D eigenvalue weighted by Crippen LogP contribution is 2.31. The lowest BCUT2D eigenvalue weighted by molar-refractivity contribution is -0.384. The Morgan fingerprint density at radius 3 is 2.59 bits per heavy atom. The first-order chi connectivity index (χ1) is 12.8. The largest absolute Gasteiger partial charge is 0.485 e. The van der Waals surface area contributed by atoms with Crippen molar-refractivity contribution in [3.8, 4) is 5.75 Å². The molecule has 1 aromatic heterocycles. The van der Waals surface area contributed by atoms with E-state index in [1.165, 1.54) is 24.3 Å². The number of nitro groups is 1. The van der Waals surface area contributed by atoms with E-state index in [-0.39, 0.29) is 23.6 Å². The minimum Gasteiger partial charge on any atom is -0.485 e. The van der Waals surface area contributed by atoms with Gasteiger partial charge in [-0.05, 0) is 44.0 Å². The SMILES string of the molecule is Cc1cc(OCC(=O)c2cccc([N+](=O)[O-])c2)c2c(C)c(C)c(=O)oc2c1. The normalized spacial score (nSPS) is 10.8. The lowest BCUT2D eigenvalue weighted by Crippen LogP contribution is -2.13. The molecular weight excluding hydrogens is 350 g/mol. The second kappa shape index (κ2) is 7.03. The second-order valence-electron chi connectivity index (χ2n) is 6.30. The lowest BCUT2D eigenvalue weighted by atomic mass is 10.0. The van der Waals surface area contributed by atoms with E-state index in [1.807, 2.05) is 6.92 Å². The summed E-state index contributed by atoms with van der Waals surface area (Å²) >= 11 is 0. The number of ether oxygens (including phenoxy) is 1. The van der Waals surface area contributed by atoms with Crippen LogP contribution in [0, 0.1) is 30.9 Å². The maximum Gasteiger partial charge on any atom is 0.339 e. The van der Waals surface area contributed by atoms with Crippen LogP contribution in [-0.4, -0.2) is 17.3 Å². The highest BCUT2D eigenvalue weighted by molar-refractivity contribution is 5.98. The zero-order chi connectivity index (χ0) is 19.7. The van der Waals surface area contributed by atoms with Crippen molar-refractivity contribution in [2.45, 2.75) is 20.8 Å². The van der Waals surface area contributed by atoms with Crippen LogP contribution < -0.4 is 10.4 Å². The Morgan fingerprint density at radius 1 is 1.15 bits per heavy atom. The van der Waals surface area contributed by atoms with Gasteiger partial charge in [-0.1, -0.05) is 12.1 Å². The summed E-state index contributed by atoms with van der Waals surface area (Å²) in [6, 6.07) is 8.99. The number of nitrogens with zero attached hydrogens (tertiary/aromatic N) is 1. The maximum atomic E-state index is 12.4. The fourth-order valence-electron chi connectivity index (χ4n) is 2.82. The molecule has 0 N–H and O–H groups in total. The smallest absolute Gasteiger partial charge is 0.339 e. The minimum atomic E-state index is -0.556. The summed E-state index contributed by atoms with van der Waals surface area (Å²) in [6.45, 7) is 4.98. The quantitative estimate of drug-likeness (QED) is 0.294. The first-order valence-corrected chi connectivity index (χ1v) is 8.23. The lowest BCUT2D eigenvalue weighted by Gasteiger charge is -2.12. The predicted molar refractivity (Wildman–Crippen MR) is 99.6 cm³/mol. The summed E-state index contributed by atoms with van der Waals surface area (Å²) in [5.74, 6) is 0.0354. The fraction of sp³-hybridized carbons (Fsp3) is 0.200. The molecule has 0 saturated carbocycles. The van der Waals surface area contributed by atoms with Crippen LogP contribution in [0.4, 0.5) is 5.69 Å². The van der Waals surface area contributed by atoms with Crippen molar-refractivity contribution >= 4 is 22.4 Å². The topological polar surface area (TPSA) is 99.6 Å². The van der Waals surface area contributed by atoms with E-state index in [0.717, 1.165) is 11.1 Å². The van der Waals surface area contributed by atoms with Crippen molar-refractivity contribution in [1.82, 2.24) is 0 Å². The molecule has 0 aliphatic heterocycles. The van der Waals surface area contributed by atoms with E-state index >= 15 is 0 Å². The number of carbonyl (C=O) groups excluding carboxylic acids is 1. The van der Waals surface area contributed by atoms with Gasteiger partial charge in [-0.25, -0.2) is 4.79 Å². The Bertz CT molecular complexity index is 1130. The number of ketones is 1. The van der Waals surface area contributed by atoms with Gasteiger partial charge in [-0.3, -0.25) is 14.9 Å². The van der Waals surface area contributed by atoms with Crippen LogP contribution >= 0.6 is 0 Å². The maximum absolute atomic E-state index is 12.4. The standard InChI is InChI=1S/C20H17NO6/c1-11-7-17(19-12(2)13(3)20(23)27-18(19)8-11)26-10-16(22)14-5-4-6-15(9-14)21(24)25/h4-9H,10H2,1-3H3. The molecule has 0 aliphatic rings. The molecule has 0 unspecified atom stereocenters. The molecule has 7 heteroatoms. The Morgan fingerprint density at radius 2 is 1.89 bits per heavy atom. The second-order valence-corrected chi connectivity index (χ2v) is 6.30. The zero-order valence-electron chi connectivity index (χ0n) is 15.1. The Kier molecular flexibility index (Phi) is 4.77. The summed E-state index contributed by atoms with van der Waals surface area (Å²) in [5.41, 5.74) is 2.02. The van der Waals surface area contributed by atoms with Crippen LogP contribution in [-0.2, 0) is 0 Å². The molecule has 0 aliphatic carbocycles. The summed E-state index contributed by atoms with van der Waals surface area (Å²) in [7, 11) is 0. The van der Waals surface area contributed by atoms with Gasteiger partial charge in [-0.15, -0.1) is 0 Å². The molecule has 3 aromatic rings. The third-order valence-electron chi connectivity index (χ3n) is 4.39. The number of non-ortho nitro benzene ring substituents is 1. The van der Waals surface area contributed by atoms with E-state index < -0.39 is 10.5 Å². The van der Waals surface area contributed by atoms with Crippen LogP contribution in [0.3, 0.4) is 0 Å². The van der Waals surface area contributed by atoms with Gasteiger partial charge in [0.05, 0.1) is 10.3 Å². The van der Waals surface area contributed by atoms with Crippen LogP contribution in [0.1, 0.15) is 27.0 Å². The molecule has 0 fully saturated rings. The van der Waals surface area contributed by atoms with Gasteiger partial charge in [0.25, 0.3) is 5.69 Å². The van der Waals surface area contributed by atoms with Crippen LogP contribution in [0.15, 0.2) is 45.6 Å². The van der Waals surface area contributed by atoms with Gasteiger partial charge >= 0.3 is 5.63 Å². The van der Waals surface area contributed by atoms with E-state index in [0.29, 0.717) is 22.3 Å². The molecule has 7 nitrogen and oxygen atoms in total. The van der Waals surface area contributed by atoms with Gasteiger partial charge in [-0.2, -0.15) is 0 Å². The van der Waals surface area contributed by atoms with Crippen molar-refractivity contribution < 1.29 is 18.9 Å². The highest BCUT2D eigenvalue weighted by Gasteiger charge is 2.16. The number of hydrogen-bond donors (Lipinski definition) is 0. The van der Waals surface area contributed by atoms with Crippen LogP contribution in [0.2, 0.25) is 0 Å². The van der Waals surface area contributed by atoms with E-state index in [2.05, 4.69) is 0 Å². The molecular formula is C20H17NO6. The first kappa shape index (κ1) is 18.3. The first-order valence-electron chi connectivity index (χ1n) is 8.23. The van der Waals surface area contributed by atoms with Crippen molar-refractivity contribution in [3.05, 3.63) is 79.2 Å². The van der Waals surface area contributed by atoms with E-state index in [1.54, 1.807) is 26.0 Å². The van der Waals surface area contributed by atoms with Crippen LogP contribution in [0.25, 0.3) is 11.0 Å². The number of aryl methyl sites for hydroxylation is 2. The van der Waals surface area contributed by atoms with Gasteiger partial charge in [0, 0.05) is 23.3 Å². The van der Waals surface area contributed by atoms with Crippen molar-refractivity contribution in [2.24, 2.45) is 0 Å². The number of Topliss-reactive ketones (excluding diaryl/α,β-unsaturated/α-hetero) is 1. The Balaban J connectivity index is 1.94. The van der Waals surface area contributed by atoms with E-state index in [4.69, 9.17) is 9.15 Å². The summed E-state index contributed by atoms with van der Waals surface area (Å²) in [6.07, 6.45) is 0. The van der Waals surface area contributed by atoms with Crippen LogP contribution in [0.5, 0.6) is 5.75 Å². The van der Waals surface area contributed by atoms with E-state index in [9.17, 15) is 19.7 Å². The summed E-state index contributed by atoms with van der Waals surface area (Å²) in [5, 5.41) is 11.5. The van der Waals surface area contributed by atoms with Gasteiger partial charge < -0.3 is 9.15 Å². The number of benzene rings is 2. The molecule has 27 heavy (non-hydrogen) atoms. The monoisotopic (exact) mass is 367 g/mol. The summed E-state index contributed by atoms with van der Waals surface area (Å²) in [4.78, 5) is 34.6. The van der Waals surface area contributed by atoms with Gasteiger partial charge in [0.2, 0.25) is 0 Å². The summed E-state index contributed by atoms with van der Waals surface area (Å²) < 4.78 is 11.0. The molecule has 2 aromatic carbocycles.